The Balaban J connectivity index is 2.41. The lowest BCUT2D eigenvalue weighted by molar-refractivity contribution is -0.130. The molecular formula is C16H21N3O2. The van der Waals surface area contributed by atoms with Gasteiger partial charge in [0.15, 0.2) is 0 Å². The molecule has 1 aromatic carbocycles. The summed E-state index contributed by atoms with van der Waals surface area (Å²) in [5, 5.41) is 16.9. The number of aliphatic hydroxyl groups is 1. The summed E-state index contributed by atoms with van der Waals surface area (Å²) in [5.74, 6) is -0.276. The minimum atomic E-state index is -1.43. The lowest BCUT2D eigenvalue weighted by Crippen LogP contribution is -2.36. The number of carbonyl (C=O) groups excluding carboxylic acids is 1. The van der Waals surface area contributed by atoms with Crippen LogP contribution in [0.2, 0.25) is 0 Å². The van der Waals surface area contributed by atoms with Crippen LogP contribution in [0.4, 0.5) is 5.69 Å². The summed E-state index contributed by atoms with van der Waals surface area (Å²) in [6.45, 7) is 6.99. The summed E-state index contributed by atoms with van der Waals surface area (Å²) in [6, 6.07) is 9.74. The highest BCUT2D eigenvalue weighted by atomic mass is 16.3. The van der Waals surface area contributed by atoms with Crippen molar-refractivity contribution >= 4 is 11.6 Å². The Labute approximate surface area is 124 Å². The van der Waals surface area contributed by atoms with E-state index >= 15 is 0 Å². The lowest BCUT2D eigenvalue weighted by Gasteiger charge is -2.18. The fourth-order valence-electron chi connectivity index (χ4n) is 2.06. The molecule has 0 bridgehead atoms. The second-order valence-electron chi connectivity index (χ2n) is 5.86. The van der Waals surface area contributed by atoms with Gasteiger partial charge in [-0.15, -0.1) is 0 Å². The number of amides is 1. The number of hydrogen-bond donors (Lipinski definition) is 2. The molecule has 21 heavy (non-hydrogen) atoms. The average Bonchev–Trinajstić information content (AvgIpc) is 2.82. The number of anilines is 1. The fourth-order valence-corrected chi connectivity index (χ4v) is 2.06. The average molecular weight is 287 g/mol. The van der Waals surface area contributed by atoms with Crippen LogP contribution in [0.3, 0.4) is 0 Å². The molecule has 0 saturated carbocycles. The van der Waals surface area contributed by atoms with Crippen LogP contribution in [-0.4, -0.2) is 26.4 Å². The van der Waals surface area contributed by atoms with Crippen molar-refractivity contribution in [1.29, 1.82) is 0 Å². The molecule has 0 aliphatic carbocycles. The maximum Gasteiger partial charge on any atom is 0.255 e. The molecule has 2 aromatic rings. The number of benzene rings is 1. The van der Waals surface area contributed by atoms with E-state index in [4.69, 9.17) is 0 Å². The second kappa shape index (κ2) is 5.69. The summed E-state index contributed by atoms with van der Waals surface area (Å²) in [5.41, 5.74) is 1.04. The molecule has 2 N–H and O–H groups in total. The summed E-state index contributed by atoms with van der Waals surface area (Å²) < 4.78 is 1.81. The molecule has 1 amide bonds. The molecule has 1 heterocycles. The van der Waals surface area contributed by atoms with Crippen LogP contribution in [0.5, 0.6) is 0 Å². The van der Waals surface area contributed by atoms with Crippen molar-refractivity contribution in [2.24, 2.45) is 0 Å². The summed E-state index contributed by atoms with van der Waals surface area (Å²) in [7, 11) is 0. The van der Waals surface area contributed by atoms with Gasteiger partial charge in [0.25, 0.3) is 5.91 Å². The van der Waals surface area contributed by atoms with Gasteiger partial charge >= 0.3 is 0 Å². The second-order valence-corrected chi connectivity index (χ2v) is 5.86. The molecular weight excluding hydrogens is 266 g/mol. The third-order valence-electron chi connectivity index (χ3n) is 3.16. The van der Waals surface area contributed by atoms with E-state index in [9.17, 15) is 9.90 Å². The molecule has 0 radical (unpaired) electrons. The molecule has 2 rings (SSSR count). The van der Waals surface area contributed by atoms with Crippen molar-refractivity contribution in [3.05, 3.63) is 42.2 Å². The van der Waals surface area contributed by atoms with Crippen LogP contribution in [0.1, 0.15) is 39.3 Å². The Morgan fingerprint density at radius 3 is 2.43 bits per heavy atom. The Morgan fingerprint density at radius 1 is 1.29 bits per heavy atom. The topological polar surface area (TPSA) is 67.2 Å². The van der Waals surface area contributed by atoms with Gasteiger partial charge in [-0.25, -0.2) is 4.68 Å². The molecule has 0 spiro atoms. The standard InChI is InChI=1S/C16H21N3O2/c1-11(2)14-13(18-15(20)16(3,4)21)10-17-19(14)12-8-6-5-7-9-12/h5-11,21H,1-4H3,(H,18,20). The Hall–Kier alpha value is -2.14. The SMILES string of the molecule is CC(C)c1c(NC(=O)C(C)(C)O)cnn1-c1ccccc1. The zero-order valence-electron chi connectivity index (χ0n) is 12.8. The van der Waals surface area contributed by atoms with Crippen molar-refractivity contribution < 1.29 is 9.90 Å². The van der Waals surface area contributed by atoms with Gasteiger partial charge < -0.3 is 10.4 Å². The van der Waals surface area contributed by atoms with Crippen molar-refractivity contribution in [2.45, 2.75) is 39.2 Å². The summed E-state index contributed by atoms with van der Waals surface area (Å²) >= 11 is 0. The molecule has 0 unspecified atom stereocenters. The van der Waals surface area contributed by atoms with Crippen LogP contribution < -0.4 is 5.32 Å². The number of para-hydroxylation sites is 1. The van der Waals surface area contributed by atoms with Gasteiger partial charge in [-0.05, 0) is 31.9 Å². The fraction of sp³-hybridized carbons (Fsp3) is 0.375. The van der Waals surface area contributed by atoms with E-state index in [1.807, 2.05) is 48.9 Å². The van der Waals surface area contributed by atoms with Gasteiger partial charge in [0.1, 0.15) is 5.60 Å². The van der Waals surface area contributed by atoms with Gasteiger partial charge in [0, 0.05) is 0 Å². The van der Waals surface area contributed by atoms with Crippen LogP contribution in [-0.2, 0) is 4.79 Å². The Kier molecular flexibility index (Phi) is 4.14. The van der Waals surface area contributed by atoms with E-state index in [0.717, 1.165) is 11.4 Å². The van der Waals surface area contributed by atoms with E-state index in [2.05, 4.69) is 10.4 Å². The molecule has 5 heteroatoms. The monoisotopic (exact) mass is 287 g/mol. The molecule has 0 aliphatic rings. The van der Waals surface area contributed by atoms with Crippen molar-refractivity contribution in [2.75, 3.05) is 5.32 Å². The number of carbonyl (C=O) groups is 1. The number of aromatic nitrogens is 2. The summed E-state index contributed by atoms with van der Waals surface area (Å²) in [4.78, 5) is 12.0. The first kappa shape index (κ1) is 15.3. The smallest absolute Gasteiger partial charge is 0.255 e. The number of nitrogens with one attached hydrogen (secondary N) is 1. The van der Waals surface area contributed by atoms with Gasteiger partial charge in [-0.1, -0.05) is 32.0 Å². The van der Waals surface area contributed by atoms with E-state index in [1.165, 1.54) is 13.8 Å². The van der Waals surface area contributed by atoms with Crippen LogP contribution >= 0.6 is 0 Å². The molecule has 5 nitrogen and oxygen atoms in total. The normalized spacial score (nSPS) is 11.7. The van der Waals surface area contributed by atoms with Crippen molar-refractivity contribution in [3.8, 4) is 5.69 Å². The Morgan fingerprint density at radius 2 is 1.90 bits per heavy atom. The zero-order chi connectivity index (χ0) is 15.6. The molecule has 0 saturated heterocycles. The highest BCUT2D eigenvalue weighted by Crippen LogP contribution is 2.27. The first-order valence-electron chi connectivity index (χ1n) is 6.98. The number of hydrogen-bond acceptors (Lipinski definition) is 3. The van der Waals surface area contributed by atoms with Gasteiger partial charge in [-0.3, -0.25) is 4.79 Å². The first-order chi connectivity index (χ1) is 9.80. The predicted octanol–water partition coefficient (Wildman–Crippen LogP) is 2.71. The lowest BCUT2D eigenvalue weighted by atomic mass is 10.1. The van der Waals surface area contributed by atoms with Crippen molar-refractivity contribution in [1.82, 2.24) is 9.78 Å². The van der Waals surface area contributed by atoms with E-state index in [-0.39, 0.29) is 5.92 Å². The van der Waals surface area contributed by atoms with E-state index in [0.29, 0.717) is 5.69 Å². The minimum Gasteiger partial charge on any atom is -0.381 e. The van der Waals surface area contributed by atoms with E-state index in [1.54, 1.807) is 6.20 Å². The van der Waals surface area contributed by atoms with E-state index < -0.39 is 11.5 Å². The van der Waals surface area contributed by atoms with Gasteiger partial charge in [0.2, 0.25) is 0 Å². The molecule has 0 atom stereocenters. The maximum absolute atomic E-state index is 12.0. The van der Waals surface area contributed by atoms with Crippen LogP contribution in [0.25, 0.3) is 5.69 Å². The third-order valence-corrected chi connectivity index (χ3v) is 3.16. The largest absolute Gasteiger partial charge is 0.381 e. The number of nitrogens with zero attached hydrogens (tertiary/aromatic N) is 2. The molecule has 112 valence electrons. The van der Waals surface area contributed by atoms with Gasteiger partial charge in [0.05, 0.1) is 23.3 Å². The first-order valence-corrected chi connectivity index (χ1v) is 6.98. The highest BCUT2D eigenvalue weighted by molar-refractivity contribution is 5.96. The van der Waals surface area contributed by atoms with Crippen LogP contribution in [0.15, 0.2) is 36.5 Å². The highest BCUT2D eigenvalue weighted by Gasteiger charge is 2.26. The van der Waals surface area contributed by atoms with Crippen LogP contribution in [0, 0.1) is 0 Å². The predicted molar refractivity (Wildman–Crippen MR) is 82.6 cm³/mol. The van der Waals surface area contributed by atoms with Gasteiger partial charge in [-0.2, -0.15) is 5.10 Å². The third kappa shape index (κ3) is 3.31. The molecule has 1 aromatic heterocycles. The summed E-state index contributed by atoms with van der Waals surface area (Å²) in [6.07, 6.45) is 1.62. The minimum absolute atomic E-state index is 0.171. The zero-order valence-corrected chi connectivity index (χ0v) is 12.8. The number of rotatable bonds is 4. The Bertz CT molecular complexity index is 625. The quantitative estimate of drug-likeness (QED) is 0.908. The molecule has 0 fully saturated rings. The maximum atomic E-state index is 12.0. The molecule has 0 aliphatic heterocycles. The van der Waals surface area contributed by atoms with Crippen molar-refractivity contribution in [3.63, 3.8) is 0 Å².